The van der Waals surface area contributed by atoms with Crippen molar-refractivity contribution in [3.8, 4) is 0 Å². The third-order valence-electron chi connectivity index (χ3n) is 3.36. The molecule has 5 nitrogen and oxygen atoms in total. The molecule has 1 aliphatic carbocycles. The van der Waals surface area contributed by atoms with Crippen molar-refractivity contribution in [1.29, 1.82) is 0 Å². The molecular formula is C12H15N3O2. The maximum Gasteiger partial charge on any atom is 0.310 e. The van der Waals surface area contributed by atoms with E-state index in [0.717, 1.165) is 17.3 Å². The van der Waals surface area contributed by atoms with E-state index in [1.165, 1.54) is 12.8 Å². The molecule has 0 aromatic carbocycles. The smallest absolute Gasteiger partial charge is 0.310 e. The Morgan fingerprint density at radius 2 is 2.12 bits per heavy atom. The molecule has 2 heterocycles. The largest absolute Gasteiger partial charge is 0.481 e. The monoisotopic (exact) mass is 233 g/mol. The molecular weight excluding hydrogens is 218 g/mol. The van der Waals surface area contributed by atoms with E-state index in [9.17, 15) is 4.79 Å². The number of aromatic nitrogens is 2. The molecule has 2 fully saturated rings. The Morgan fingerprint density at radius 3 is 2.71 bits per heavy atom. The van der Waals surface area contributed by atoms with Crippen molar-refractivity contribution in [1.82, 2.24) is 9.97 Å². The van der Waals surface area contributed by atoms with Crippen LogP contribution in [0, 0.1) is 12.8 Å². The number of rotatable bonds is 3. The second kappa shape index (κ2) is 3.68. The van der Waals surface area contributed by atoms with E-state index >= 15 is 0 Å². The summed E-state index contributed by atoms with van der Waals surface area (Å²) in [6.45, 7) is 3.09. The quantitative estimate of drug-likeness (QED) is 0.849. The van der Waals surface area contributed by atoms with Crippen LogP contribution in [0.5, 0.6) is 0 Å². The summed E-state index contributed by atoms with van der Waals surface area (Å²) in [6, 6.07) is 1.93. The Kier molecular flexibility index (Phi) is 2.28. The number of aryl methyl sites for hydroxylation is 1. The minimum Gasteiger partial charge on any atom is -0.481 e. The standard InChI is InChI=1S/C12H15N3O2/c1-7-4-10(14-11(13-7)8-2-3-8)15-5-9(6-15)12(16)17/h4,8-9H,2-3,5-6H2,1H3,(H,16,17). The second-order valence-electron chi connectivity index (χ2n) is 4.94. The van der Waals surface area contributed by atoms with Crippen LogP contribution in [0.2, 0.25) is 0 Å². The maximum atomic E-state index is 10.8. The zero-order valence-corrected chi connectivity index (χ0v) is 9.76. The van der Waals surface area contributed by atoms with Crippen LogP contribution in [0.4, 0.5) is 5.82 Å². The van der Waals surface area contributed by atoms with Crippen LogP contribution in [0.15, 0.2) is 6.07 Å². The normalized spacial score (nSPS) is 20.2. The van der Waals surface area contributed by atoms with Gasteiger partial charge in [0, 0.05) is 30.8 Å². The number of aliphatic carboxylic acids is 1. The van der Waals surface area contributed by atoms with E-state index in [2.05, 4.69) is 9.97 Å². The first-order valence-electron chi connectivity index (χ1n) is 5.97. The van der Waals surface area contributed by atoms with Gasteiger partial charge >= 0.3 is 5.97 Å². The van der Waals surface area contributed by atoms with Gasteiger partial charge in [-0.05, 0) is 19.8 Å². The molecule has 1 aromatic heterocycles. The highest BCUT2D eigenvalue weighted by Crippen LogP contribution is 2.39. The minimum absolute atomic E-state index is 0.241. The van der Waals surface area contributed by atoms with E-state index in [1.54, 1.807) is 0 Å². The molecule has 5 heteroatoms. The molecule has 3 rings (SSSR count). The molecule has 1 saturated carbocycles. The van der Waals surface area contributed by atoms with Crippen molar-refractivity contribution in [2.45, 2.75) is 25.7 Å². The summed E-state index contributed by atoms with van der Waals surface area (Å²) < 4.78 is 0. The average molecular weight is 233 g/mol. The summed E-state index contributed by atoms with van der Waals surface area (Å²) in [5.74, 6) is 1.39. The number of carbonyl (C=O) groups is 1. The number of carboxylic acid groups (broad SMARTS) is 1. The topological polar surface area (TPSA) is 66.3 Å². The van der Waals surface area contributed by atoms with E-state index in [4.69, 9.17) is 5.11 Å². The molecule has 0 radical (unpaired) electrons. The van der Waals surface area contributed by atoms with Gasteiger partial charge in [0.1, 0.15) is 11.6 Å². The van der Waals surface area contributed by atoms with Gasteiger partial charge in [-0.15, -0.1) is 0 Å². The molecule has 1 saturated heterocycles. The van der Waals surface area contributed by atoms with Gasteiger partial charge in [0.25, 0.3) is 0 Å². The van der Waals surface area contributed by atoms with Crippen molar-refractivity contribution in [3.63, 3.8) is 0 Å². The van der Waals surface area contributed by atoms with Gasteiger partial charge in [-0.25, -0.2) is 9.97 Å². The van der Waals surface area contributed by atoms with Crippen molar-refractivity contribution in [3.05, 3.63) is 17.6 Å². The van der Waals surface area contributed by atoms with Gasteiger partial charge in [0.2, 0.25) is 0 Å². The molecule has 17 heavy (non-hydrogen) atoms. The fourth-order valence-corrected chi connectivity index (χ4v) is 2.08. The van der Waals surface area contributed by atoms with Gasteiger partial charge in [0.05, 0.1) is 5.92 Å². The van der Waals surface area contributed by atoms with Crippen LogP contribution in [-0.4, -0.2) is 34.1 Å². The van der Waals surface area contributed by atoms with Crippen molar-refractivity contribution in [2.24, 2.45) is 5.92 Å². The molecule has 0 amide bonds. The summed E-state index contributed by atoms with van der Waals surface area (Å²) >= 11 is 0. The predicted octanol–water partition coefficient (Wildman–Crippen LogP) is 1.18. The molecule has 1 aliphatic heterocycles. The van der Waals surface area contributed by atoms with E-state index in [1.807, 2.05) is 17.9 Å². The number of anilines is 1. The van der Waals surface area contributed by atoms with Crippen molar-refractivity contribution >= 4 is 11.8 Å². The molecule has 2 aliphatic rings. The van der Waals surface area contributed by atoms with Crippen molar-refractivity contribution < 1.29 is 9.90 Å². The predicted molar refractivity (Wildman–Crippen MR) is 62.1 cm³/mol. The lowest BCUT2D eigenvalue weighted by atomic mass is 10.0. The zero-order valence-electron chi connectivity index (χ0n) is 9.76. The number of nitrogens with zero attached hydrogens (tertiary/aromatic N) is 3. The van der Waals surface area contributed by atoms with E-state index < -0.39 is 5.97 Å². The van der Waals surface area contributed by atoms with Gasteiger partial charge in [-0.3, -0.25) is 4.79 Å². The molecule has 0 atom stereocenters. The Bertz CT molecular complexity index is 465. The van der Waals surface area contributed by atoms with E-state index in [0.29, 0.717) is 19.0 Å². The highest BCUT2D eigenvalue weighted by molar-refractivity contribution is 5.74. The van der Waals surface area contributed by atoms with Crippen LogP contribution >= 0.6 is 0 Å². The van der Waals surface area contributed by atoms with Crippen molar-refractivity contribution in [2.75, 3.05) is 18.0 Å². The van der Waals surface area contributed by atoms with Crippen LogP contribution in [0.25, 0.3) is 0 Å². The molecule has 0 spiro atoms. The summed E-state index contributed by atoms with van der Waals surface area (Å²) in [5, 5.41) is 8.85. The Morgan fingerprint density at radius 1 is 1.41 bits per heavy atom. The Balaban J connectivity index is 1.77. The molecule has 0 unspecified atom stereocenters. The lowest BCUT2D eigenvalue weighted by molar-refractivity contribution is -0.142. The van der Waals surface area contributed by atoms with E-state index in [-0.39, 0.29) is 5.92 Å². The molecule has 1 aromatic rings. The van der Waals surface area contributed by atoms with Gasteiger partial charge in [-0.2, -0.15) is 0 Å². The second-order valence-corrected chi connectivity index (χ2v) is 4.94. The summed E-state index contributed by atoms with van der Waals surface area (Å²) in [4.78, 5) is 21.7. The van der Waals surface area contributed by atoms with Crippen LogP contribution in [-0.2, 0) is 4.79 Å². The van der Waals surface area contributed by atoms with Gasteiger partial charge in [-0.1, -0.05) is 0 Å². The maximum absolute atomic E-state index is 10.8. The summed E-state index contributed by atoms with van der Waals surface area (Å²) in [6.07, 6.45) is 2.36. The number of hydrogen-bond acceptors (Lipinski definition) is 4. The lowest BCUT2D eigenvalue weighted by Gasteiger charge is -2.37. The number of carboxylic acids is 1. The molecule has 0 bridgehead atoms. The first kappa shape index (κ1) is 10.5. The fourth-order valence-electron chi connectivity index (χ4n) is 2.08. The SMILES string of the molecule is Cc1cc(N2CC(C(=O)O)C2)nc(C2CC2)n1. The minimum atomic E-state index is -0.713. The Labute approximate surface area is 99.5 Å². The van der Waals surface area contributed by atoms with Crippen LogP contribution in [0.1, 0.15) is 30.3 Å². The average Bonchev–Trinajstić information content (AvgIpc) is 2.96. The first-order chi connectivity index (χ1) is 8.13. The molecule has 1 N–H and O–H groups in total. The zero-order chi connectivity index (χ0) is 12.0. The van der Waals surface area contributed by atoms with Gasteiger partial charge < -0.3 is 10.0 Å². The lowest BCUT2D eigenvalue weighted by Crippen LogP contribution is -2.50. The first-order valence-corrected chi connectivity index (χ1v) is 5.97. The molecule has 90 valence electrons. The van der Waals surface area contributed by atoms with Crippen LogP contribution in [0.3, 0.4) is 0 Å². The van der Waals surface area contributed by atoms with Crippen LogP contribution < -0.4 is 4.90 Å². The summed E-state index contributed by atoms with van der Waals surface area (Å²) in [7, 11) is 0. The summed E-state index contributed by atoms with van der Waals surface area (Å²) in [5.41, 5.74) is 0.968. The number of hydrogen-bond donors (Lipinski definition) is 1. The van der Waals surface area contributed by atoms with Gasteiger partial charge in [0.15, 0.2) is 0 Å². The third-order valence-corrected chi connectivity index (χ3v) is 3.36. The fraction of sp³-hybridized carbons (Fsp3) is 0.583. The third kappa shape index (κ3) is 1.97. The highest BCUT2D eigenvalue weighted by atomic mass is 16.4. The Hall–Kier alpha value is -1.65. The highest BCUT2D eigenvalue weighted by Gasteiger charge is 2.34.